The molecule has 0 saturated heterocycles. The minimum atomic E-state index is -0.0742. The Bertz CT molecular complexity index is 825. The van der Waals surface area contributed by atoms with Gasteiger partial charge in [0.15, 0.2) is 5.78 Å². The van der Waals surface area contributed by atoms with Crippen molar-refractivity contribution in [2.75, 3.05) is 18.9 Å². The van der Waals surface area contributed by atoms with Crippen LogP contribution in [0.3, 0.4) is 0 Å². The largest absolute Gasteiger partial charge is 0.493 e. The number of hydrogen-bond acceptors (Lipinski definition) is 4. The number of aryl methyl sites for hydroxylation is 1. The van der Waals surface area contributed by atoms with Crippen LogP contribution in [0.1, 0.15) is 74.4 Å². The normalized spacial score (nSPS) is 11.0. The lowest BCUT2D eigenvalue weighted by Gasteiger charge is -2.18. The quantitative estimate of drug-likeness (QED) is 0.178. The molecular weight excluding hydrogens is 374 g/mol. The van der Waals surface area contributed by atoms with Gasteiger partial charge in [-0.05, 0) is 67.3 Å². The second-order valence-electron chi connectivity index (χ2n) is 7.44. The highest BCUT2D eigenvalue weighted by atomic mass is 16.5. The minimum absolute atomic E-state index is 0.0742. The number of anilines is 1. The first-order valence-corrected chi connectivity index (χ1v) is 11.1. The van der Waals surface area contributed by atoms with Crippen LogP contribution in [-0.2, 0) is 6.42 Å². The zero-order chi connectivity index (χ0) is 21.8. The first-order chi connectivity index (χ1) is 14.6. The second kappa shape index (κ2) is 12.7. The maximum Gasteiger partial charge on any atom is 0.185 e. The van der Waals surface area contributed by atoms with Gasteiger partial charge in [0.2, 0.25) is 0 Å². The van der Waals surface area contributed by atoms with Crippen molar-refractivity contribution in [2.45, 2.75) is 59.3 Å². The lowest BCUT2D eigenvalue weighted by molar-refractivity contribution is 0.104. The van der Waals surface area contributed by atoms with Crippen LogP contribution in [0.4, 0.5) is 5.69 Å². The Kier molecular flexibility index (Phi) is 9.99. The van der Waals surface area contributed by atoms with E-state index in [1.807, 2.05) is 12.1 Å². The molecule has 0 spiro atoms. The van der Waals surface area contributed by atoms with E-state index < -0.39 is 0 Å². The zero-order valence-electron chi connectivity index (χ0n) is 18.6. The fourth-order valence-corrected chi connectivity index (χ4v) is 3.09. The summed E-state index contributed by atoms with van der Waals surface area (Å²) in [7, 11) is 0. The molecule has 162 valence electrons. The average Bonchev–Trinajstić information content (AvgIpc) is 2.75. The summed E-state index contributed by atoms with van der Waals surface area (Å²) in [4.78, 5) is 12.7. The third-order valence-electron chi connectivity index (χ3n) is 4.85. The van der Waals surface area contributed by atoms with Crippen LogP contribution in [0.15, 0.2) is 42.5 Å². The van der Waals surface area contributed by atoms with Crippen LogP contribution in [-0.4, -0.2) is 19.0 Å². The Morgan fingerprint density at radius 2 is 1.57 bits per heavy atom. The third-order valence-corrected chi connectivity index (χ3v) is 4.85. The molecule has 0 aliphatic heterocycles. The molecule has 0 saturated carbocycles. The Labute approximate surface area is 181 Å². The molecule has 0 aliphatic rings. The highest BCUT2D eigenvalue weighted by Gasteiger charge is 2.15. The maximum absolute atomic E-state index is 12.7. The van der Waals surface area contributed by atoms with Crippen molar-refractivity contribution in [1.29, 1.82) is 0 Å². The molecule has 2 aromatic rings. The number of rotatable bonds is 13. The number of unbranched alkanes of at least 4 members (excludes halogenated alkanes) is 2. The van der Waals surface area contributed by atoms with E-state index in [2.05, 4.69) is 26.8 Å². The second-order valence-corrected chi connectivity index (χ2v) is 7.44. The predicted molar refractivity (Wildman–Crippen MR) is 125 cm³/mol. The van der Waals surface area contributed by atoms with E-state index in [-0.39, 0.29) is 5.78 Å². The van der Waals surface area contributed by atoms with E-state index >= 15 is 0 Å². The fourth-order valence-electron chi connectivity index (χ4n) is 3.09. The van der Waals surface area contributed by atoms with Crippen molar-refractivity contribution in [3.8, 4) is 11.5 Å². The van der Waals surface area contributed by atoms with Gasteiger partial charge in [-0.3, -0.25) is 4.79 Å². The first-order valence-electron chi connectivity index (χ1n) is 11.1. The standard InChI is InChI=1S/C26H35NO3/c1-4-7-18-29-25-17-12-21(9-6-3)26(30-19-8-5-2)23(25)15-16-24(28)20-10-13-22(27)14-11-20/h10-17H,4-9,18-19,27H2,1-3H3/b16-15+. The number of carbonyl (C=O) groups excluding carboxylic acids is 1. The summed E-state index contributed by atoms with van der Waals surface area (Å²) in [5.74, 6) is 1.52. The Morgan fingerprint density at radius 3 is 2.20 bits per heavy atom. The van der Waals surface area contributed by atoms with Gasteiger partial charge in [-0.15, -0.1) is 0 Å². The molecule has 0 heterocycles. The van der Waals surface area contributed by atoms with Crippen molar-refractivity contribution >= 4 is 17.5 Å². The number of allylic oxidation sites excluding steroid dienone is 1. The SMILES string of the molecule is CCCCOc1ccc(CCC)c(OCCCC)c1/C=C/C(=O)c1ccc(N)cc1. The van der Waals surface area contributed by atoms with Crippen molar-refractivity contribution in [3.63, 3.8) is 0 Å². The summed E-state index contributed by atoms with van der Waals surface area (Å²) in [6, 6.07) is 11.1. The van der Waals surface area contributed by atoms with Gasteiger partial charge in [-0.2, -0.15) is 0 Å². The van der Waals surface area contributed by atoms with Crippen molar-refractivity contribution < 1.29 is 14.3 Å². The van der Waals surface area contributed by atoms with Gasteiger partial charge in [0.25, 0.3) is 0 Å². The molecule has 0 radical (unpaired) electrons. The van der Waals surface area contributed by atoms with Crippen LogP contribution in [0, 0.1) is 0 Å². The van der Waals surface area contributed by atoms with Gasteiger partial charge in [0.1, 0.15) is 11.5 Å². The number of hydrogen-bond donors (Lipinski definition) is 1. The monoisotopic (exact) mass is 409 g/mol. The Hall–Kier alpha value is -2.75. The lowest BCUT2D eigenvalue weighted by Crippen LogP contribution is -2.05. The molecular formula is C26H35NO3. The number of ether oxygens (including phenoxy) is 2. The van der Waals surface area contributed by atoms with Gasteiger partial charge < -0.3 is 15.2 Å². The molecule has 0 unspecified atom stereocenters. The molecule has 2 rings (SSSR count). The molecule has 0 aromatic heterocycles. The Morgan fingerprint density at radius 1 is 0.900 bits per heavy atom. The van der Waals surface area contributed by atoms with Crippen molar-refractivity contribution in [3.05, 3.63) is 59.2 Å². The number of nitrogen functional groups attached to an aromatic ring is 1. The first kappa shape index (κ1) is 23.5. The Balaban J connectivity index is 2.39. The number of nitrogens with two attached hydrogens (primary N) is 1. The highest BCUT2D eigenvalue weighted by Crippen LogP contribution is 2.35. The van der Waals surface area contributed by atoms with E-state index in [0.29, 0.717) is 24.5 Å². The summed E-state index contributed by atoms with van der Waals surface area (Å²) in [5.41, 5.74) is 8.97. The molecule has 0 atom stereocenters. The van der Waals surface area contributed by atoms with Gasteiger partial charge in [-0.25, -0.2) is 0 Å². The van der Waals surface area contributed by atoms with Crippen LogP contribution in [0.25, 0.3) is 6.08 Å². The topological polar surface area (TPSA) is 61.5 Å². The molecule has 4 heteroatoms. The number of ketones is 1. The minimum Gasteiger partial charge on any atom is -0.493 e. The van der Waals surface area contributed by atoms with Gasteiger partial charge >= 0.3 is 0 Å². The highest BCUT2D eigenvalue weighted by molar-refractivity contribution is 6.07. The van der Waals surface area contributed by atoms with Gasteiger partial charge in [-0.1, -0.05) is 46.1 Å². The molecule has 0 bridgehead atoms. The summed E-state index contributed by atoms with van der Waals surface area (Å²) in [5, 5.41) is 0. The van der Waals surface area contributed by atoms with E-state index in [4.69, 9.17) is 15.2 Å². The third kappa shape index (κ3) is 6.94. The molecule has 4 nitrogen and oxygen atoms in total. The molecule has 0 fully saturated rings. The average molecular weight is 410 g/mol. The van der Waals surface area contributed by atoms with Crippen LogP contribution >= 0.6 is 0 Å². The molecule has 30 heavy (non-hydrogen) atoms. The molecule has 0 aliphatic carbocycles. The summed E-state index contributed by atoms with van der Waals surface area (Å²) in [6.07, 6.45) is 9.47. The molecule has 2 N–H and O–H groups in total. The van der Waals surface area contributed by atoms with Crippen LogP contribution in [0.5, 0.6) is 11.5 Å². The molecule has 2 aromatic carbocycles. The van der Waals surface area contributed by atoms with Gasteiger partial charge in [0.05, 0.1) is 18.8 Å². The zero-order valence-corrected chi connectivity index (χ0v) is 18.6. The number of carbonyl (C=O) groups is 1. The van der Waals surface area contributed by atoms with E-state index in [9.17, 15) is 4.79 Å². The molecule has 0 amide bonds. The fraction of sp³-hybridized carbons (Fsp3) is 0.423. The van der Waals surface area contributed by atoms with E-state index in [1.165, 1.54) is 0 Å². The van der Waals surface area contributed by atoms with E-state index in [0.717, 1.165) is 61.2 Å². The predicted octanol–water partition coefficient (Wildman–Crippen LogP) is 6.48. The van der Waals surface area contributed by atoms with Crippen molar-refractivity contribution in [1.82, 2.24) is 0 Å². The summed E-state index contributed by atoms with van der Waals surface area (Å²) in [6.45, 7) is 7.73. The maximum atomic E-state index is 12.7. The summed E-state index contributed by atoms with van der Waals surface area (Å²) < 4.78 is 12.3. The van der Waals surface area contributed by atoms with E-state index in [1.54, 1.807) is 30.3 Å². The van der Waals surface area contributed by atoms with Crippen molar-refractivity contribution in [2.24, 2.45) is 0 Å². The van der Waals surface area contributed by atoms with Gasteiger partial charge in [0, 0.05) is 11.3 Å². The van der Waals surface area contributed by atoms with Crippen LogP contribution < -0.4 is 15.2 Å². The number of benzene rings is 2. The van der Waals surface area contributed by atoms with Crippen LogP contribution in [0.2, 0.25) is 0 Å². The smallest absolute Gasteiger partial charge is 0.185 e. The lowest BCUT2D eigenvalue weighted by atomic mass is 10.0. The summed E-state index contributed by atoms with van der Waals surface area (Å²) >= 11 is 0.